The highest BCUT2D eigenvalue weighted by Gasteiger charge is 2.29. The molecule has 3 aromatic heterocycles. The second kappa shape index (κ2) is 7.20. The average molecular weight is 445 g/mol. The monoisotopic (exact) mass is 444 g/mol. The Kier molecular flexibility index (Phi) is 4.29. The number of benzene rings is 2. The Balaban J connectivity index is 1.68. The zero-order chi connectivity index (χ0) is 21.8. The number of hydrogen-bond acceptors (Lipinski definition) is 7. The summed E-state index contributed by atoms with van der Waals surface area (Å²) in [5.74, 6) is 2.46. The number of ether oxygens (including phenoxy) is 1. The van der Waals surface area contributed by atoms with Crippen LogP contribution in [0.3, 0.4) is 0 Å². The van der Waals surface area contributed by atoms with Gasteiger partial charge in [0.05, 0.1) is 29.9 Å². The first kappa shape index (κ1) is 19.1. The number of hydrogen-bond donors (Lipinski definition) is 1. The molecule has 5 aromatic rings. The van der Waals surface area contributed by atoms with Crippen LogP contribution < -0.4 is 16.0 Å². The lowest BCUT2D eigenvalue weighted by molar-refractivity contribution is 0.375. The van der Waals surface area contributed by atoms with E-state index in [1.807, 2.05) is 30.3 Å². The van der Waals surface area contributed by atoms with Crippen molar-refractivity contribution in [1.82, 2.24) is 14.7 Å². The third-order valence-electron chi connectivity index (χ3n) is 5.97. The van der Waals surface area contributed by atoms with Gasteiger partial charge in [-0.05, 0) is 48.6 Å². The quantitative estimate of drug-likeness (QED) is 0.392. The van der Waals surface area contributed by atoms with Crippen LogP contribution in [-0.4, -0.2) is 21.8 Å². The lowest BCUT2D eigenvalue weighted by Crippen LogP contribution is -2.24. The van der Waals surface area contributed by atoms with Crippen LogP contribution >= 0.6 is 11.3 Å². The number of aromatic nitrogens is 3. The molecule has 6 rings (SSSR count). The molecule has 8 heteroatoms. The van der Waals surface area contributed by atoms with Crippen molar-refractivity contribution in [2.24, 2.45) is 0 Å². The van der Waals surface area contributed by atoms with Gasteiger partial charge in [-0.1, -0.05) is 17.3 Å². The maximum Gasteiger partial charge on any atom is 0.263 e. The molecule has 0 bridgehead atoms. The summed E-state index contributed by atoms with van der Waals surface area (Å²) in [6, 6.07) is 13.4. The topological polar surface area (TPSA) is 96.2 Å². The molecule has 0 spiro atoms. The van der Waals surface area contributed by atoms with E-state index in [2.05, 4.69) is 11.2 Å². The summed E-state index contributed by atoms with van der Waals surface area (Å²) < 4.78 is 13.4. The Bertz CT molecular complexity index is 1530. The Morgan fingerprint density at radius 3 is 2.88 bits per heavy atom. The van der Waals surface area contributed by atoms with E-state index < -0.39 is 0 Å². The normalized spacial score (nSPS) is 13.8. The van der Waals surface area contributed by atoms with Crippen molar-refractivity contribution in [3.8, 4) is 17.1 Å². The minimum absolute atomic E-state index is 0.115. The SMILES string of the molecule is COc1ccc(-c2nc3sc4c(N)cccc4c3c(=O)n2Cc2ccno2)c(C2CC2)c1. The second-order valence-corrected chi connectivity index (χ2v) is 9.04. The van der Waals surface area contributed by atoms with Gasteiger partial charge in [-0.2, -0.15) is 0 Å². The van der Waals surface area contributed by atoms with Crippen LogP contribution in [-0.2, 0) is 6.54 Å². The summed E-state index contributed by atoms with van der Waals surface area (Å²) in [4.78, 5) is 19.6. The standard InChI is InChI=1S/C24H20N4O3S/c1-30-14-7-8-16(18(11-14)13-5-6-13)22-27-23-20(17-3-2-4-19(25)21(17)32-23)24(29)28(22)12-15-9-10-26-31-15/h2-4,7-11,13H,5-6,12,25H2,1H3. The summed E-state index contributed by atoms with van der Waals surface area (Å²) in [7, 11) is 1.66. The molecule has 160 valence electrons. The van der Waals surface area contributed by atoms with E-state index in [0.717, 1.165) is 39.8 Å². The third kappa shape index (κ3) is 2.98. The molecule has 3 heterocycles. The van der Waals surface area contributed by atoms with E-state index in [1.165, 1.54) is 11.3 Å². The van der Waals surface area contributed by atoms with Gasteiger partial charge >= 0.3 is 0 Å². The van der Waals surface area contributed by atoms with Crippen LogP contribution in [0.15, 0.2) is 58.0 Å². The van der Waals surface area contributed by atoms with Gasteiger partial charge in [0.25, 0.3) is 5.56 Å². The fraction of sp³-hybridized carbons (Fsp3) is 0.208. The van der Waals surface area contributed by atoms with Crippen molar-refractivity contribution in [2.75, 3.05) is 12.8 Å². The fourth-order valence-corrected chi connectivity index (χ4v) is 5.33. The molecule has 1 aliphatic rings. The number of nitrogens with zero attached hydrogens (tertiary/aromatic N) is 3. The first-order valence-electron chi connectivity index (χ1n) is 10.4. The Morgan fingerprint density at radius 1 is 1.25 bits per heavy atom. The molecule has 0 unspecified atom stereocenters. The van der Waals surface area contributed by atoms with Crippen molar-refractivity contribution in [1.29, 1.82) is 0 Å². The lowest BCUT2D eigenvalue weighted by atomic mass is 10.0. The molecule has 1 fully saturated rings. The van der Waals surface area contributed by atoms with Gasteiger partial charge in [0.1, 0.15) is 16.4 Å². The van der Waals surface area contributed by atoms with Gasteiger partial charge in [0.2, 0.25) is 0 Å². The van der Waals surface area contributed by atoms with Crippen LogP contribution in [0.5, 0.6) is 5.75 Å². The number of nitrogens with two attached hydrogens (primary N) is 1. The molecule has 0 saturated heterocycles. The highest BCUT2D eigenvalue weighted by Crippen LogP contribution is 2.46. The lowest BCUT2D eigenvalue weighted by Gasteiger charge is -2.15. The van der Waals surface area contributed by atoms with Crippen molar-refractivity contribution < 1.29 is 9.26 Å². The molecule has 0 atom stereocenters. The molecular weight excluding hydrogens is 424 g/mol. The minimum atomic E-state index is -0.115. The molecule has 2 aromatic carbocycles. The van der Waals surface area contributed by atoms with E-state index in [4.69, 9.17) is 20.0 Å². The van der Waals surface area contributed by atoms with Crippen LogP contribution in [0, 0.1) is 0 Å². The van der Waals surface area contributed by atoms with Crippen molar-refractivity contribution in [2.45, 2.75) is 25.3 Å². The van der Waals surface area contributed by atoms with E-state index >= 15 is 0 Å². The van der Waals surface area contributed by atoms with Gasteiger partial charge in [-0.25, -0.2) is 4.98 Å². The predicted molar refractivity (Wildman–Crippen MR) is 125 cm³/mol. The molecule has 32 heavy (non-hydrogen) atoms. The smallest absolute Gasteiger partial charge is 0.263 e. The van der Waals surface area contributed by atoms with Crippen LogP contribution in [0.2, 0.25) is 0 Å². The number of fused-ring (bicyclic) bond motifs is 3. The molecular formula is C24H20N4O3S. The largest absolute Gasteiger partial charge is 0.497 e. The highest BCUT2D eigenvalue weighted by atomic mass is 32.1. The fourth-order valence-electron chi connectivity index (χ4n) is 4.24. The summed E-state index contributed by atoms with van der Waals surface area (Å²) in [5.41, 5.74) is 8.84. The molecule has 7 nitrogen and oxygen atoms in total. The number of methoxy groups -OCH3 is 1. The number of anilines is 1. The van der Waals surface area contributed by atoms with E-state index in [0.29, 0.717) is 33.4 Å². The van der Waals surface area contributed by atoms with Crippen molar-refractivity contribution >= 4 is 37.3 Å². The Labute approximate surface area is 187 Å². The minimum Gasteiger partial charge on any atom is -0.497 e. The first-order chi connectivity index (χ1) is 15.6. The maximum absolute atomic E-state index is 13.9. The third-order valence-corrected chi connectivity index (χ3v) is 7.12. The van der Waals surface area contributed by atoms with Crippen molar-refractivity contribution in [3.05, 3.63) is 70.3 Å². The molecule has 0 amide bonds. The van der Waals surface area contributed by atoms with Crippen LogP contribution in [0.1, 0.15) is 30.1 Å². The van der Waals surface area contributed by atoms with E-state index in [9.17, 15) is 4.79 Å². The van der Waals surface area contributed by atoms with E-state index in [1.54, 1.807) is 23.9 Å². The van der Waals surface area contributed by atoms with Gasteiger partial charge < -0.3 is 15.0 Å². The molecule has 0 aliphatic heterocycles. The Morgan fingerprint density at radius 2 is 2.12 bits per heavy atom. The predicted octanol–water partition coefficient (Wildman–Crippen LogP) is 4.78. The van der Waals surface area contributed by atoms with Gasteiger partial charge in [-0.3, -0.25) is 9.36 Å². The van der Waals surface area contributed by atoms with Crippen LogP contribution in [0.4, 0.5) is 5.69 Å². The second-order valence-electron chi connectivity index (χ2n) is 8.04. The van der Waals surface area contributed by atoms with Crippen molar-refractivity contribution in [3.63, 3.8) is 0 Å². The van der Waals surface area contributed by atoms with Gasteiger partial charge in [0.15, 0.2) is 5.76 Å². The molecule has 2 N–H and O–H groups in total. The zero-order valence-electron chi connectivity index (χ0n) is 17.4. The Hall–Kier alpha value is -3.65. The maximum atomic E-state index is 13.9. The summed E-state index contributed by atoms with van der Waals surface area (Å²) in [6.45, 7) is 0.243. The summed E-state index contributed by atoms with van der Waals surface area (Å²) in [6.07, 6.45) is 3.82. The van der Waals surface area contributed by atoms with Gasteiger partial charge in [-0.15, -0.1) is 11.3 Å². The summed E-state index contributed by atoms with van der Waals surface area (Å²) >= 11 is 1.46. The van der Waals surface area contributed by atoms with Gasteiger partial charge in [0, 0.05) is 22.7 Å². The summed E-state index contributed by atoms with van der Waals surface area (Å²) in [5, 5.41) is 5.22. The first-order valence-corrected chi connectivity index (χ1v) is 11.2. The number of thiophene rings is 1. The molecule has 1 saturated carbocycles. The molecule has 0 radical (unpaired) electrons. The highest BCUT2D eigenvalue weighted by molar-refractivity contribution is 7.26. The zero-order valence-corrected chi connectivity index (χ0v) is 18.2. The average Bonchev–Trinajstić information content (AvgIpc) is 3.38. The van der Waals surface area contributed by atoms with Crippen LogP contribution in [0.25, 0.3) is 31.7 Å². The molecule has 1 aliphatic carbocycles. The number of nitrogen functional groups attached to an aromatic ring is 1. The number of rotatable bonds is 5. The van der Waals surface area contributed by atoms with E-state index in [-0.39, 0.29) is 12.1 Å².